The minimum atomic E-state index is -1.29. The zero-order chi connectivity index (χ0) is 31.8. The lowest BCUT2D eigenvalue weighted by Crippen LogP contribution is -2.56. The molecule has 1 fully saturated rings. The lowest BCUT2D eigenvalue weighted by atomic mass is 9.90. The number of fused-ring (bicyclic) bond motifs is 3. The van der Waals surface area contributed by atoms with E-state index in [0.717, 1.165) is 5.56 Å². The molecule has 0 bridgehead atoms. The molecule has 4 aromatic heterocycles. The van der Waals surface area contributed by atoms with Gasteiger partial charge in [0.25, 0.3) is 5.91 Å². The van der Waals surface area contributed by atoms with Gasteiger partial charge >= 0.3 is 0 Å². The number of nitrogens with zero attached hydrogens (tertiary/aromatic N) is 8. The molecule has 1 saturated heterocycles. The molecule has 1 aliphatic rings. The minimum Gasteiger partial charge on any atom is -0.491 e. The van der Waals surface area contributed by atoms with Gasteiger partial charge in [0.15, 0.2) is 22.6 Å². The van der Waals surface area contributed by atoms with Crippen molar-refractivity contribution in [2.75, 3.05) is 57.1 Å². The third-order valence-corrected chi connectivity index (χ3v) is 8.33. The Bertz CT molecular complexity index is 2000. The van der Waals surface area contributed by atoms with Gasteiger partial charge < -0.3 is 29.4 Å². The summed E-state index contributed by atoms with van der Waals surface area (Å²) in [5.74, 6) is 0.797. The van der Waals surface area contributed by atoms with Crippen molar-refractivity contribution in [3.05, 3.63) is 84.5 Å². The van der Waals surface area contributed by atoms with Crippen LogP contribution in [0.25, 0.3) is 28.3 Å². The number of anilines is 2. The van der Waals surface area contributed by atoms with Crippen LogP contribution in [-0.2, 0) is 15.1 Å². The Labute approximate surface area is 262 Å². The maximum atomic E-state index is 15.1. The highest BCUT2D eigenvalue weighted by atomic mass is 19.1. The Hall–Kier alpha value is -5.50. The van der Waals surface area contributed by atoms with Crippen LogP contribution in [0.4, 0.5) is 16.0 Å². The maximum absolute atomic E-state index is 15.1. The molecule has 0 spiro atoms. The highest BCUT2D eigenvalue weighted by Crippen LogP contribution is 2.34. The number of nitrogen functional groups attached to an aromatic ring is 1. The molecule has 1 atom stereocenters. The number of rotatable bonds is 9. The zero-order valence-corrected chi connectivity index (χ0v) is 25.3. The topological polar surface area (TPSA) is 142 Å². The van der Waals surface area contributed by atoms with E-state index in [2.05, 4.69) is 15.1 Å². The van der Waals surface area contributed by atoms with E-state index < -0.39 is 5.54 Å². The first-order valence-corrected chi connectivity index (χ1v) is 14.8. The summed E-state index contributed by atoms with van der Waals surface area (Å²) in [7, 11) is 1.58. The van der Waals surface area contributed by atoms with Crippen molar-refractivity contribution in [1.29, 1.82) is 0 Å². The molecule has 13 nitrogen and oxygen atoms in total. The van der Waals surface area contributed by atoms with E-state index in [1.807, 2.05) is 42.2 Å². The summed E-state index contributed by atoms with van der Waals surface area (Å²) >= 11 is 0. The smallest absolute Gasteiger partial charge is 0.255 e. The Morgan fingerprint density at radius 2 is 1.83 bits per heavy atom. The maximum Gasteiger partial charge on any atom is 0.255 e. The molecule has 46 heavy (non-hydrogen) atoms. The number of carbonyl (C=O) groups is 1. The van der Waals surface area contributed by atoms with Crippen molar-refractivity contribution >= 4 is 34.2 Å². The van der Waals surface area contributed by atoms with Crippen LogP contribution in [0.15, 0.2) is 77.5 Å². The third kappa shape index (κ3) is 4.96. The van der Waals surface area contributed by atoms with E-state index in [4.69, 9.17) is 24.7 Å². The Kier molecular flexibility index (Phi) is 7.48. The number of carbonyl (C=O) groups excluding carboxylic acids is 1. The second-order valence-electron chi connectivity index (χ2n) is 11.1. The van der Waals surface area contributed by atoms with Gasteiger partial charge in [-0.25, -0.2) is 14.1 Å². The highest BCUT2D eigenvalue weighted by molar-refractivity contribution is 5.94. The first kappa shape index (κ1) is 29.2. The molecular formula is C32H32FN9O4. The molecule has 0 aliphatic carbocycles. The number of nitrogens with two attached hydrogens (primary N) is 1. The summed E-state index contributed by atoms with van der Waals surface area (Å²) < 4.78 is 34.1. The van der Waals surface area contributed by atoms with E-state index in [1.54, 1.807) is 53.4 Å². The van der Waals surface area contributed by atoms with Gasteiger partial charge in [-0.1, -0.05) is 30.3 Å². The predicted octanol–water partition coefficient (Wildman–Crippen LogP) is 3.59. The average molecular weight is 626 g/mol. The number of hydrogen-bond donors (Lipinski definition) is 1. The SMILES string of the molecule is COCCOc1ccc(N2CCN(C(=O)[C@](C)(c3ccccc3)n3ncc4c3nc(N)n3nc(-c5ccco5)nc43)CC2)c(F)c1. The summed E-state index contributed by atoms with van der Waals surface area (Å²) in [5.41, 5.74) is 7.09. The van der Waals surface area contributed by atoms with E-state index in [1.165, 1.54) is 10.6 Å². The van der Waals surface area contributed by atoms with Crippen LogP contribution < -0.4 is 15.4 Å². The fourth-order valence-electron chi connectivity index (χ4n) is 5.88. The average Bonchev–Trinajstić information content (AvgIpc) is 3.85. The van der Waals surface area contributed by atoms with Crippen LogP contribution in [0, 0.1) is 5.82 Å². The summed E-state index contributed by atoms with van der Waals surface area (Å²) in [6.45, 7) is 4.21. The van der Waals surface area contributed by atoms with Gasteiger partial charge in [-0.3, -0.25) is 4.79 Å². The number of aromatic nitrogens is 6. The van der Waals surface area contributed by atoms with Crippen molar-refractivity contribution in [2.45, 2.75) is 12.5 Å². The lowest BCUT2D eigenvalue weighted by Gasteiger charge is -2.41. The fourth-order valence-corrected chi connectivity index (χ4v) is 5.88. The standard InChI is InChI=1S/C32H32FN9O4/c1-32(21-7-4-3-5-8-21,30(43)40-14-12-39(13-15-40)25-11-10-22(19-24(25)33)45-18-17-44-2)42-29-23(20-35-42)28-36-27(26-9-6-16-46-26)38-41(28)31(34)37-29/h3-11,16,19-20H,12-15,17-18H2,1-2H3,(H2,34,37)/t32-/m0/s1. The molecule has 7 rings (SSSR count). The van der Waals surface area contributed by atoms with Gasteiger partial charge in [-0.15, -0.1) is 5.10 Å². The first-order chi connectivity index (χ1) is 22.4. The van der Waals surface area contributed by atoms with Crippen molar-refractivity contribution < 1.29 is 23.1 Å². The molecule has 236 valence electrons. The van der Waals surface area contributed by atoms with Crippen molar-refractivity contribution in [3.8, 4) is 17.3 Å². The fraction of sp³-hybridized carbons (Fsp3) is 0.281. The quantitative estimate of drug-likeness (QED) is 0.237. The van der Waals surface area contributed by atoms with Crippen LogP contribution in [0.1, 0.15) is 12.5 Å². The molecule has 6 aromatic rings. The number of hydrogen-bond acceptors (Lipinski definition) is 10. The Balaban J connectivity index is 1.20. The van der Waals surface area contributed by atoms with Gasteiger partial charge in [0.2, 0.25) is 11.8 Å². The normalized spacial score (nSPS) is 15.0. The van der Waals surface area contributed by atoms with Gasteiger partial charge in [-0.05, 0) is 36.8 Å². The molecule has 0 radical (unpaired) electrons. The molecule has 2 N–H and O–H groups in total. The molecule has 0 unspecified atom stereocenters. The summed E-state index contributed by atoms with van der Waals surface area (Å²) in [5, 5.41) is 9.74. The first-order valence-electron chi connectivity index (χ1n) is 14.8. The number of benzene rings is 2. The van der Waals surface area contributed by atoms with Gasteiger partial charge in [0.1, 0.15) is 18.2 Å². The predicted molar refractivity (Wildman–Crippen MR) is 168 cm³/mol. The van der Waals surface area contributed by atoms with Gasteiger partial charge in [0.05, 0.1) is 30.1 Å². The van der Waals surface area contributed by atoms with E-state index in [0.29, 0.717) is 79.1 Å². The van der Waals surface area contributed by atoms with E-state index in [-0.39, 0.29) is 17.7 Å². The van der Waals surface area contributed by atoms with Crippen LogP contribution in [0.2, 0.25) is 0 Å². The molecule has 1 amide bonds. The van der Waals surface area contributed by atoms with Crippen LogP contribution >= 0.6 is 0 Å². The number of halogens is 1. The highest BCUT2D eigenvalue weighted by Gasteiger charge is 2.43. The lowest BCUT2D eigenvalue weighted by molar-refractivity contribution is -0.138. The van der Waals surface area contributed by atoms with Crippen molar-refractivity contribution in [2.24, 2.45) is 0 Å². The molecule has 5 heterocycles. The molecular weight excluding hydrogens is 593 g/mol. The zero-order valence-electron chi connectivity index (χ0n) is 25.3. The van der Waals surface area contributed by atoms with Crippen LogP contribution in [-0.4, -0.2) is 86.7 Å². The third-order valence-electron chi connectivity index (χ3n) is 8.33. The largest absolute Gasteiger partial charge is 0.491 e. The molecule has 14 heteroatoms. The number of methoxy groups -OCH3 is 1. The minimum absolute atomic E-state index is 0.0863. The molecule has 0 saturated carbocycles. The van der Waals surface area contributed by atoms with Gasteiger partial charge in [0, 0.05) is 39.4 Å². The monoisotopic (exact) mass is 625 g/mol. The Morgan fingerprint density at radius 3 is 2.54 bits per heavy atom. The summed E-state index contributed by atoms with van der Waals surface area (Å²) in [6.07, 6.45) is 3.16. The van der Waals surface area contributed by atoms with E-state index in [9.17, 15) is 4.79 Å². The molecule has 1 aliphatic heterocycles. The second kappa shape index (κ2) is 11.8. The Morgan fingerprint density at radius 1 is 1.02 bits per heavy atom. The second-order valence-corrected chi connectivity index (χ2v) is 11.1. The van der Waals surface area contributed by atoms with Gasteiger partial charge in [-0.2, -0.15) is 14.6 Å². The number of furan rings is 1. The number of ether oxygens (including phenoxy) is 2. The van der Waals surface area contributed by atoms with Crippen LogP contribution in [0.5, 0.6) is 5.75 Å². The van der Waals surface area contributed by atoms with Crippen molar-refractivity contribution in [3.63, 3.8) is 0 Å². The summed E-state index contributed by atoms with van der Waals surface area (Å²) in [6, 6.07) is 17.8. The van der Waals surface area contributed by atoms with Crippen molar-refractivity contribution in [1.82, 2.24) is 34.3 Å². The number of piperazine rings is 1. The summed E-state index contributed by atoms with van der Waals surface area (Å²) in [4.78, 5) is 27.6. The number of amides is 1. The van der Waals surface area contributed by atoms with Crippen LogP contribution in [0.3, 0.4) is 0 Å². The molecule has 2 aromatic carbocycles. The van der Waals surface area contributed by atoms with E-state index >= 15 is 4.39 Å².